The van der Waals surface area contributed by atoms with Crippen LogP contribution in [0.4, 0.5) is 0 Å². The first-order chi connectivity index (χ1) is 66.8. The molecule has 0 aliphatic carbocycles. The molecule has 0 fully saturated rings. The highest BCUT2D eigenvalue weighted by molar-refractivity contribution is 5.97. The molecule has 23 rings (SSSR count). The van der Waals surface area contributed by atoms with Crippen molar-refractivity contribution in [2.24, 2.45) is 0 Å². The van der Waals surface area contributed by atoms with E-state index in [1.165, 1.54) is 88.3 Å². The fraction of sp³-hybridized carbons (Fsp3) is 0.0484. The van der Waals surface area contributed by atoms with Gasteiger partial charge in [0.25, 0.3) is 0 Å². The van der Waals surface area contributed by atoms with Gasteiger partial charge in [-0.2, -0.15) is 0 Å². The molecule has 0 saturated carbocycles. The summed E-state index contributed by atoms with van der Waals surface area (Å²) in [4.78, 5) is 53.8. The number of nitrogens with zero attached hydrogens (tertiary/aromatic N) is 12. The van der Waals surface area contributed by atoms with E-state index >= 15 is 0 Å². The highest BCUT2D eigenvalue weighted by Gasteiger charge is 2.15. The zero-order valence-electron chi connectivity index (χ0n) is 76.4. The smallest absolute Gasteiger partial charge is 0.159 e. The van der Waals surface area contributed by atoms with Gasteiger partial charge in [-0.3, -0.25) is 4.98 Å². The average molecular weight is 1750 g/mol. The van der Waals surface area contributed by atoms with Gasteiger partial charge in [-0.1, -0.05) is 357 Å². The standard InChI is InChI=1S/C25H18N2.2C23H18N2.C19H14N2.2C17H14N2/c1-17-26-24-9-5-4-8-23(24)25(27-17)20-13-10-19(11-14-20)22-15-12-18-6-2-3-7-21(18)16-22;1-17-13-20(18-7-3-2-4-8-18)15-21(14-17)23-11-5-10-22(25-23)19-9-6-12-24-16-19;1-17-6-5-9-21(16-17)23-24-15-14-22(25-23)20-12-10-19(11-13-20)18-7-3-2-4-8-18;1-13-20-18-9-5-4-8-17(18)19(21-13)16-11-10-14-6-2-3-7-15(14)12-16;1-13-18-11-10-17(19-13)16-9-5-8-15(12-16)14-6-3-2-4-7-14;1-13-18-12-11-17(19-13)16-9-7-15(8-10-16)14-5-3-2-4-6-14/h2-16H,1H3;2*2-16H,1H3;2-12H,1H3;2*2-12H,1H3. The lowest BCUT2D eigenvalue weighted by Gasteiger charge is -2.09. The summed E-state index contributed by atoms with van der Waals surface area (Å²) in [6.45, 7) is 11.9. The number of para-hydroxylation sites is 2. The molecule has 0 N–H and O–H groups in total. The lowest BCUT2D eigenvalue weighted by atomic mass is 9.98. The summed E-state index contributed by atoms with van der Waals surface area (Å²) in [6.07, 6.45) is 9.04. The number of aryl methyl sites for hydroxylation is 6. The highest BCUT2D eigenvalue weighted by Crippen LogP contribution is 2.36. The summed E-state index contributed by atoms with van der Waals surface area (Å²) in [5.41, 5.74) is 32.1. The number of aromatic nitrogens is 12. The lowest BCUT2D eigenvalue weighted by Crippen LogP contribution is -1.93. The van der Waals surface area contributed by atoms with Crippen molar-refractivity contribution in [1.29, 1.82) is 0 Å². The Balaban J connectivity index is 0.000000109. The Kier molecular flexibility index (Phi) is 28.0. The molecule has 7 aromatic heterocycles. The molecule has 16 aromatic carbocycles. The van der Waals surface area contributed by atoms with Crippen LogP contribution in [-0.2, 0) is 0 Å². The first kappa shape index (κ1) is 88.9. The van der Waals surface area contributed by atoms with Crippen LogP contribution in [0.5, 0.6) is 0 Å². The van der Waals surface area contributed by atoms with Crippen LogP contribution in [0.25, 0.3) is 189 Å². The second kappa shape index (κ2) is 42.9. The minimum atomic E-state index is 0.758. The normalized spacial score (nSPS) is 10.7. The van der Waals surface area contributed by atoms with E-state index in [2.05, 4.69) is 392 Å². The maximum Gasteiger partial charge on any atom is 0.159 e. The van der Waals surface area contributed by atoms with E-state index in [0.717, 1.165) is 135 Å². The fourth-order valence-corrected chi connectivity index (χ4v) is 16.4. The topological polar surface area (TPSA) is 155 Å². The van der Waals surface area contributed by atoms with Crippen LogP contribution in [0, 0.1) is 41.5 Å². The molecule has 0 spiro atoms. The summed E-state index contributed by atoms with van der Waals surface area (Å²) < 4.78 is 0. The largest absolute Gasteiger partial charge is 0.264 e. The molecule has 0 atom stereocenters. The molecule has 0 unspecified atom stereocenters. The molecule has 0 radical (unpaired) electrons. The number of pyridine rings is 2. The molecule has 0 bridgehead atoms. The van der Waals surface area contributed by atoms with Crippen molar-refractivity contribution in [2.75, 3.05) is 0 Å². The maximum atomic E-state index is 4.85. The van der Waals surface area contributed by atoms with Gasteiger partial charge in [-0.25, -0.2) is 54.8 Å². The van der Waals surface area contributed by atoms with Crippen LogP contribution < -0.4 is 0 Å². The summed E-state index contributed by atoms with van der Waals surface area (Å²) in [5.74, 6) is 3.94. The Hall–Kier alpha value is -17.7. The maximum absolute atomic E-state index is 4.85. The van der Waals surface area contributed by atoms with Crippen molar-refractivity contribution in [3.05, 3.63) is 508 Å². The fourth-order valence-electron chi connectivity index (χ4n) is 16.4. The summed E-state index contributed by atoms with van der Waals surface area (Å²) in [6, 6.07) is 153. The van der Waals surface area contributed by atoms with Crippen LogP contribution >= 0.6 is 0 Å². The van der Waals surface area contributed by atoms with Crippen molar-refractivity contribution in [3.63, 3.8) is 0 Å². The number of rotatable bonds is 13. The predicted molar refractivity (Wildman–Crippen MR) is 561 cm³/mol. The van der Waals surface area contributed by atoms with Gasteiger partial charge < -0.3 is 0 Å². The lowest BCUT2D eigenvalue weighted by molar-refractivity contribution is 1.06. The summed E-state index contributed by atoms with van der Waals surface area (Å²) in [5, 5.41) is 7.18. The van der Waals surface area contributed by atoms with E-state index in [-0.39, 0.29) is 0 Å². The van der Waals surface area contributed by atoms with Crippen LogP contribution in [0.2, 0.25) is 0 Å². The molecule has 652 valence electrons. The van der Waals surface area contributed by atoms with E-state index in [1.807, 2.05) is 149 Å². The van der Waals surface area contributed by atoms with Crippen LogP contribution in [-0.4, -0.2) is 59.8 Å². The van der Waals surface area contributed by atoms with Crippen LogP contribution in [0.15, 0.2) is 474 Å². The van der Waals surface area contributed by atoms with Gasteiger partial charge >= 0.3 is 0 Å². The molecule has 0 aliphatic heterocycles. The van der Waals surface area contributed by atoms with Crippen molar-refractivity contribution in [3.8, 4) is 146 Å². The third kappa shape index (κ3) is 22.5. The molecule has 0 aliphatic rings. The van der Waals surface area contributed by atoms with Gasteiger partial charge in [0.2, 0.25) is 0 Å². The second-order valence-corrected chi connectivity index (χ2v) is 33.0. The van der Waals surface area contributed by atoms with E-state index in [0.29, 0.717) is 0 Å². The predicted octanol–water partition coefficient (Wildman–Crippen LogP) is 31.0. The Bertz CT molecular complexity index is 8010. The Morgan fingerprint density at radius 2 is 0.515 bits per heavy atom. The molecular formula is C124H96N12. The van der Waals surface area contributed by atoms with Crippen molar-refractivity contribution in [1.82, 2.24) is 59.8 Å². The Morgan fingerprint density at radius 3 is 1.05 bits per heavy atom. The quantitative estimate of drug-likeness (QED) is 0.108. The Morgan fingerprint density at radius 1 is 0.162 bits per heavy atom. The highest BCUT2D eigenvalue weighted by atomic mass is 14.9. The molecule has 0 saturated heterocycles. The first-order valence-corrected chi connectivity index (χ1v) is 45.4. The molecule has 0 amide bonds. The summed E-state index contributed by atoms with van der Waals surface area (Å²) in [7, 11) is 0. The minimum Gasteiger partial charge on any atom is -0.264 e. The Labute approximate surface area is 793 Å². The monoisotopic (exact) mass is 1750 g/mol. The molecular weight excluding hydrogens is 1660 g/mol. The molecule has 23 aromatic rings. The second-order valence-electron chi connectivity index (χ2n) is 33.0. The molecule has 12 nitrogen and oxygen atoms in total. The van der Waals surface area contributed by atoms with Crippen LogP contribution in [0.1, 0.15) is 34.4 Å². The SMILES string of the molecule is Cc1cc(-c2ccccc2)cc(-c2cccc(-c3cccnc3)n2)c1.Cc1cccc(-c2nccc(-c3ccc(-c4ccccc4)cc3)n2)c1.Cc1nc(-c2ccc(-c3ccc4ccccc4c3)cc2)c2ccccc2n1.Cc1nc(-c2ccc3ccccc3c2)c2ccccc2n1.Cc1nccc(-c2ccc(-c3ccccc3)cc2)n1.Cc1nccc(-c2cccc(-c3ccccc3)c2)n1. The van der Waals surface area contributed by atoms with E-state index in [1.54, 1.807) is 18.6 Å². The molecule has 12 heteroatoms. The van der Waals surface area contributed by atoms with Gasteiger partial charge in [0.15, 0.2) is 5.82 Å². The third-order valence-corrected chi connectivity index (χ3v) is 23.2. The zero-order valence-corrected chi connectivity index (χ0v) is 76.4. The van der Waals surface area contributed by atoms with E-state index in [9.17, 15) is 0 Å². The van der Waals surface area contributed by atoms with Crippen molar-refractivity contribution in [2.45, 2.75) is 41.5 Å². The zero-order chi connectivity index (χ0) is 92.7. The molecule has 136 heavy (non-hydrogen) atoms. The van der Waals surface area contributed by atoms with E-state index < -0.39 is 0 Å². The van der Waals surface area contributed by atoms with Gasteiger partial charge in [0, 0.05) is 86.3 Å². The van der Waals surface area contributed by atoms with Crippen molar-refractivity contribution < 1.29 is 0 Å². The first-order valence-electron chi connectivity index (χ1n) is 45.4. The number of hydrogen-bond donors (Lipinski definition) is 0. The van der Waals surface area contributed by atoms with Gasteiger partial charge in [-0.15, -0.1) is 0 Å². The number of fused-ring (bicyclic) bond motifs is 4. The summed E-state index contributed by atoms with van der Waals surface area (Å²) >= 11 is 0. The number of hydrogen-bond acceptors (Lipinski definition) is 12. The van der Waals surface area contributed by atoms with Crippen molar-refractivity contribution >= 4 is 43.4 Å². The number of benzene rings is 16. The van der Waals surface area contributed by atoms with E-state index in [4.69, 9.17) is 15.0 Å². The third-order valence-electron chi connectivity index (χ3n) is 23.2. The van der Waals surface area contributed by atoms with Crippen LogP contribution in [0.3, 0.4) is 0 Å². The molecule has 7 heterocycles. The minimum absolute atomic E-state index is 0.758. The average Bonchev–Trinajstić information content (AvgIpc) is 0.787. The van der Waals surface area contributed by atoms with Gasteiger partial charge in [-0.05, 0) is 215 Å². The van der Waals surface area contributed by atoms with Gasteiger partial charge in [0.05, 0.1) is 50.9 Å². The van der Waals surface area contributed by atoms with Gasteiger partial charge in [0.1, 0.15) is 23.3 Å².